The molecule has 0 bridgehead atoms. The molecule has 0 aliphatic heterocycles. The van der Waals surface area contributed by atoms with Gasteiger partial charge in [0.05, 0.1) is 0 Å². The molecular weight excluding hydrogens is 765 g/mol. The quantitative estimate of drug-likeness (QED) is 0.0432. The average Bonchev–Trinajstić information content (AvgIpc) is 4.02. The van der Waals surface area contributed by atoms with Crippen molar-refractivity contribution in [2.75, 3.05) is 0 Å². The minimum Gasteiger partial charge on any atom is -0.423 e. The van der Waals surface area contributed by atoms with E-state index in [1.807, 2.05) is 0 Å². The molecule has 0 fully saturated rings. The number of hydrogen-bond acceptors (Lipinski definition) is 3. The van der Waals surface area contributed by atoms with Crippen molar-refractivity contribution in [1.82, 2.24) is 10.2 Å². The molecule has 0 radical (unpaired) electrons. The van der Waals surface area contributed by atoms with E-state index in [0.717, 1.165) is 5.56 Å². The highest BCUT2D eigenvalue weighted by Crippen LogP contribution is 2.58. The molecule has 3 nitrogen and oxygen atoms in total. The Morgan fingerprint density at radius 3 is 1.13 bits per heavy atom. The van der Waals surface area contributed by atoms with E-state index >= 15 is 0 Å². The summed E-state index contributed by atoms with van der Waals surface area (Å²) in [6.07, 6.45) is 38.2. The third kappa shape index (κ3) is 10.9. The largest absolute Gasteiger partial charge is 0.423 e. The normalized spacial score (nSPS) is 14.2. The van der Waals surface area contributed by atoms with Gasteiger partial charge in [-0.1, -0.05) is 236 Å². The summed E-state index contributed by atoms with van der Waals surface area (Å²) in [6.45, 7) is 9.31. The van der Waals surface area contributed by atoms with Gasteiger partial charge in [-0.25, -0.2) is 0 Å². The van der Waals surface area contributed by atoms with Crippen molar-refractivity contribution in [1.29, 1.82) is 0 Å². The topological polar surface area (TPSA) is 38.9 Å². The summed E-state index contributed by atoms with van der Waals surface area (Å²) < 4.78 is 5.82. The highest BCUT2D eigenvalue weighted by Gasteiger charge is 2.44. The Morgan fingerprint density at radius 1 is 0.365 bits per heavy atom. The van der Waals surface area contributed by atoms with E-state index in [-0.39, 0.29) is 10.8 Å². The summed E-state index contributed by atoms with van der Waals surface area (Å²) in [6, 6.07) is 31.8. The molecule has 5 aromatic rings. The number of fused-ring (bicyclic) bond motifs is 6. The maximum atomic E-state index is 5.82. The lowest BCUT2D eigenvalue weighted by molar-refractivity contribution is 0.397. The first-order valence-electron chi connectivity index (χ1n) is 26.4. The Labute approximate surface area is 383 Å². The summed E-state index contributed by atoms with van der Waals surface area (Å²) >= 11 is 0. The second-order valence-corrected chi connectivity index (χ2v) is 19.8. The van der Waals surface area contributed by atoms with Crippen LogP contribution in [0.5, 0.6) is 0 Å². The van der Waals surface area contributed by atoms with E-state index in [2.05, 4.69) is 117 Å². The molecule has 338 valence electrons. The highest BCUT2D eigenvalue weighted by atomic mass is 16.4. The lowest BCUT2D eigenvalue weighted by Gasteiger charge is -2.34. The summed E-state index contributed by atoms with van der Waals surface area (Å²) in [5.41, 5.74) is 15.9. The smallest absolute Gasteiger partial charge is 0.247 e. The second-order valence-electron chi connectivity index (χ2n) is 19.8. The Morgan fingerprint density at radius 2 is 0.714 bits per heavy atom. The van der Waals surface area contributed by atoms with Gasteiger partial charge in [-0.15, -0.1) is 10.2 Å². The first-order valence-corrected chi connectivity index (χ1v) is 26.4. The van der Waals surface area contributed by atoms with Crippen molar-refractivity contribution in [3.8, 4) is 44.8 Å². The standard InChI is InChI=1S/C60H82N2O/c1-5-9-13-17-21-27-39-59(40-28-22-18-14-10-6-2)54-32-26-25-31-50(54)51-36-33-47(43-55(51)59)48-34-37-52-53-38-35-49(58-62-61-46-63-58)45-57(53)60(56(52)44-48,41-29-23-19-15-11-7-3)42-30-24-20-16-12-8-4/h25-26,31-38,43-46H,5-24,27-30,39-42H2,1-4H3. The minimum absolute atomic E-state index is 0.0432. The molecule has 0 atom stereocenters. The van der Waals surface area contributed by atoms with E-state index in [1.54, 1.807) is 16.7 Å². The fraction of sp³-hybridized carbons (Fsp3) is 0.567. The monoisotopic (exact) mass is 847 g/mol. The number of hydrogen-bond donors (Lipinski definition) is 0. The summed E-state index contributed by atoms with van der Waals surface area (Å²) in [5, 5.41) is 8.46. The SMILES string of the molecule is CCCCCCCCC1(CCCCCCCC)c2ccccc2-c2ccc(-c3ccc4c(c3)C(CCCCCCCC)(CCCCCCCC)c3cc(-c5nnco5)ccc3-4)cc21. The van der Waals surface area contributed by atoms with Crippen molar-refractivity contribution < 1.29 is 4.42 Å². The van der Waals surface area contributed by atoms with Crippen LogP contribution >= 0.6 is 0 Å². The van der Waals surface area contributed by atoms with E-state index in [0.29, 0.717) is 5.89 Å². The first kappa shape index (κ1) is 47.0. The molecule has 1 aromatic heterocycles. The van der Waals surface area contributed by atoms with Gasteiger partial charge in [0.2, 0.25) is 12.3 Å². The van der Waals surface area contributed by atoms with Gasteiger partial charge in [0.1, 0.15) is 0 Å². The average molecular weight is 847 g/mol. The molecule has 7 rings (SSSR count). The van der Waals surface area contributed by atoms with Gasteiger partial charge in [0.25, 0.3) is 0 Å². The molecule has 0 saturated carbocycles. The Balaban J connectivity index is 1.28. The van der Waals surface area contributed by atoms with Gasteiger partial charge in [-0.05, 0) is 106 Å². The summed E-state index contributed by atoms with van der Waals surface area (Å²) in [5.74, 6) is 0.618. The van der Waals surface area contributed by atoms with Gasteiger partial charge < -0.3 is 4.42 Å². The molecular formula is C60H82N2O. The van der Waals surface area contributed by atoms with E-state index < -0.39 is 0 Å². The molecule has 4 aromatic carbocycles. The van der Waals surface area contributed by atoms with Crippen LogP contribution in [-0.2, 0) is 10.8 Å². The minimum atomic E-state index is -0.0432. The van der Waals surface area contributed by atoms with Gasteiger partial charge in [0, 0.05) is 16.4 Å². The van der Waals surface area contributed by atoms with E-state index in [4.69, 9.17) is 4.42 Å². The maximum Gasteiger partial charge on any atom is 0.247 e. The van der Waals surface area contributed by atoms with E-state index in [1.165, 1.54) is 225 Å². The number of unbranched alkanes of at least 4 members (excludes halogenated alkanes) is 20. The van der Waals surface area contributed by atoms with Gasteiger partial charge in [-0.2, -0.15) is 0 Å². The van der Waals surface area contributed by atoms with Crippen LogP contribution in [-0.4, -0.2) is 10.2 Å². The number of aromatic nitrogens is 2. The molecule has 1 heterocycles. The molecule has 2 aliphatic carbocycles. The molecule has 0 N–H and O–H groups in total. The van der Waals surface area contributed by atoms with Crippen LogP contribution in [0.3, 0.4) is 0 Å². The molecule has 0 unspecified atom stereocenters. The van der Waals surface area contributed by atoms with Crippen LogP contribution in [0.15, 0.2) is 89.7 Å². The zero-order valence-corrected chi connectivity index (χ0v) is 40.2. The molecule has 0 spiro atoms. The predicted molar refractivity (Wildman–Crippen MR) is 270 cm³/mol. The van der Waals surface area contributed by atoms with Crippen LogP contribution in [0.1, 0.15) is 230 Å². The third-order valence-electron chi connectivity index (χ3n) is 15.4. The van der Waals surface area contributed by atoms with Gasteiger partial charge >= 0.3 is 0 Å². The number of benzene rings is 4. The summed E-state index contributed by atoms with van der Waals surface area (Å²) in [4.78, 5) is 0. The van der Waals surface area contributed by atoms with Crippen molar-refractivity contribution >= 4 is 0 Å². The van der Waals surface area contributed by atoms with E-state index in [9.17, 15) is 0 Å². The van der Waals surface area contributed by atoms with Crippen LogP contribution in [0.2, 0.25) is 0 Å². The summed E-state index contributed by atoms with van der Waals surface area (Å²) in [7, 11) is 0. The van der Waals surface area contributed by atoms with Crippen LogP contribution in [0.4, 0.5) is 0 Å². The Bertz CT molecular complexity index is 2090. The van der Waals surface area contributed by atoms with Crippen molar-refractivity contribution in [2.45, 2.75) is 218 Å². The zero-order valence-electron chi connectivity index (χ0n) is 40.2. The Hall–Kier alpha value is -3.98. The number of rotatable bonds is 30. The van der Waals surface area contributed by atoms with Crippen molar-refractivity contribution in [3.05, 3.63) is 108 Å². The maximum absolute atomic E-state index is 5.82. The highest BCUT2D eigenvalue weighted by molar-refractivity contribution is 5.87. The number of nitrogens with zero attached hydrogens (tertiary/aromatic N) is 2. The zero-order chi connectivity index (χ0) is 43.7. The lowest BCUT2D eigenvalue weighted by Crippen LogP contribution is -2.26. The molecule has 2 aliphatic rings. The predicted octanol–water partition coefficient (Wildman–Crippen LogP) is 18.9. The third-order valence-corrected chi connectivity index (χ3v) is 15.4. The lowest BCUT2D eigenvalue weighted by atomic mass is 9.69. The fourth-order valence-electron chi connectivity index (χ4n) is 11.9. The van der Waals surface area contributed by atoms with Crippen molar-refractivity contribution in [2.24, 2.45) is 0 Å². The van der Waals surface area contributed by atoms with Crippen molar-refractivity contribution in [3.63, 3.8) is 0 Å². The fourth-order valence-corrected chi connectivity index (χ4v) is 11.9. The second kappa shape index (κ2) is 23.8. The van der Waals surface area contributed by atoms with Crippen LogP contribution < -0.4 is 0 Å². The molecule has 0 amide bonds. The Kier molecular flexibility index (Phi) is 17.8. The van der Waals surface area contributed by atoms with Crippen LogP contribution in [0.25, 0.3) is 44.8 Å². The van der Waals surface area contributed by atoms with Gasteiger partial charge in [0.15, 0.2) is 0 Å². The van der Waals surface area contributed by atoms with Crippen LogP contribution in [0, 0.1) is 0 Å². The molecule has 3 heteroatoms. The molecule has 0 saturated heterocycles. The first-order chi connectivity index (χ1) is 31.1. The van der Waals surface area contributed by atoms with Gasteiger partial charge in [-0.3, -0.25) is 0 Å². The molecule has 63 heavy (non-hydrogen) atoms.